The van der Waals surface area contributed by atoms with E-state index < -0.39 is 0 Å². The standard InChI is InChI=1S/C10H23NO/c1-6-9(12)10(7-2,8-3)11(4)5/h9,12H,6-8H2,1-5H3. The van der Waals surface area contributed by atoms with E-state index in [-0.39, 0.29) is 11.6 Å². The number of aliphatic hydroxyl groups excluding tert-OH is 1. The van der Waals surface area contributed by atoms with Gasteiger partial charge in [0.25, 0.3) is 0 Å². The van der Waals surface area contributed by atoms with Crippen molar-refractivity contribution in [3.05, 3.63) is 0 Å². The van der Waals surface area contributed by atoms with Crippen molar-refractivity contribution in [2.24, 2.45) is 0 Å². The second-order valence-electron chi connectivity index (χ2n) is 3.63. The molecule has 0 saturated carbocycles. The highest BCUT2D eigenvalue weighted by Gasteiger charge is 2.35. The molecule has 2 nitrogen and oxygen atoms in total. The molecule has 0 heterocycles. The lowest BCUT2D eigenvalue weighted by molar-refractivity contribution is -0.0148. The first-order valence-corrected chi connectivity index (χ1v) is 4.90. The van der Waals surface area contributed by atoms with Gasteiger partial charge in [-0.3, -0.25) is 0 Å². The summed E-state index contributed by atoms with van der Waals surface area (Å²) >= 11 is 0. The van der Waals surface area contributed by atoms with Crippen LogP contribution in [0.2, 0.25) is 0 Å². The maximum absolute atomic E-state index is 9.90. The molecule has 0 amide bonds. The highest BCUT2D eigenvalue weighted by atomic mass is 16.3. The second kappa shape index (κ2) is 4.83. The summed E-state index contributed by atoms with van der Waals surface area (Å²) in [6, 6.07) is 0. The molecule has 0 rings (SSSR count). The van der Waals surface area contributed by atoms with Crippen LogP contribution in [0.4, 0.5) is 0 Å². The van der Waals surface area contributed by atoms with Gasteiger partial charge in [0.05, 0.1) is 6.10 Å². The highest BCUT2D eigenvalue weighted by Crippen LogP contribution is 2.27. The molecule has 2 heteroatoms. The highest BCUT2D eigenvalue weighted by molar-refractivity contribution is 4.91. The SMILES string of the molecule is CCC(O)C(CC)(CC)N(C)C. The zero-order chi connectivity index (χ0) is 9.78. The molecule has 0 aromatic rings. The summed E-state index contributed by atoms with van der Waals surface area (Å²) in [5.41, 5.74) is -0.0191. The van der Waals surface area contributed by atoms with Crippen LogP contribution in [0.5, 0.6) is 0 Å². The van der Waals surface area contributed by atoms with Crippen molar-refractivity contribution in [2.75, 3.05) is 14.1 Å². The number of likely N-dealkylation sites (N-methyl/N-ethyl adjacent to an activating group) is 1. The van der Waals surface area contributed by atoms with Gasteiger partial charge >= 0.3 is 0 Å². The fourth-order valence-corrected chi connectivity index (χ4v) is 2.03. The Morgan fingerprint density at radius 2 is 1.58 bits per heavy atom. The Hall–Kier alpha value is -0.0800. The summed E-state index contributed by atoms with van der Waals surface area (Å²) in [7, 11) is 4.10. The first-order chi connectivity index (χ1) is 5.55. The molecule has 0 aromatic carbocycles. The van der Waals surface area contributed by atoms with E-state index >= 15 is 0 Å². The molecule has 0 aliphatic heterocycles. The molecule has 0 aliphatic carbocycles. The zero-order valence-electron chi connectivity index (χ0n) is 9.09. The first-order valence-electron chi connectivity index (χ1n) is 4.90. The maximum Gasteiger partial charge on any atom is 0.0720 e. The van der Waals surface area contributed by atoms with Crippen LogP contribution in [0.25, 0.3) is 0 Å². The van der Waals surface area contributed by atoms with Crippen molar-refractivity contribution < 1.29 is 5.11 Å². The third kappa shape index (κ3) is 1.99. The molecular weight excluding hydrogens is 150 g/mol. The summed E-state index contributed by atoms with van der Waals surface area (Å²) in [4.78, 5) is 2.15. The number of rotatable bonds is 5. The minimum Gasteiger partial charge on any atom is -0.391 e. The molecule has 0 aromatic heterocycles. The Balaban J connectivity index is 4.56. The minimum absolute atomic E-state index is 0.0191. The van der Waals surface area contributed by atoms with Crippen LogP contribution in [0.1, 0.15) is 40.0 Å². The molecule has 0 fully saturated rings. The molecule has 0 radical (unpaired) electrons. The van der Waals surface area contributed by atoms with Crippen molar-refractivity contribution in [1.29, 1.82) is 0 Å². The predicted molar refractivity (Wildman–Crippen MR) is 53.3 cm³/mol. The molecule has 1 unspecified atom stereocenters. The maximum atomic E-state index is 9.90. The van der Waals surface area contributed by atoms with Crippen LogP contribution in [0, 0.1) is 0 Å². The van der Waals surface area contributed by atoms with Crippen LogP contribution in [-0.2, 0) is 0 Å². The van der Waals surface area contributed by atoms with Crippen LogP contribution >= 0.6 is 0 Å². The van der Waals surface area contributed by atoms with Crippen molar-refractivity contribution >= 4 is 0 Å². The lowest BCUT2D eigenvalue weighted by Crippen LogP contribution is -2.52. The Labute approximate surface area is 76.6 Å². The summed E-state index contributed by atoms with van der Waals surface area (Å²) in [6.07, 6.45) is 2.64. The van der Waals surface area contributed by atoms with E-state index in [2.05, 4.69) is 18.7 Å². The monoisotopic (exact) mass is 173 g/mol. The average Bonchev–Trinajstić information content (AvgIpc) is 2.06. The summed E-state index contributed by atoms with van der Waals surface area (Å²) in [6.45, 7) is 6.32. The molecule has 0 spiro atoms. The Bertz CT molecular complexity index is 119. The van der Waals surface area contributed by atoms with Gasteiger partial charge in [-0.2, -0.15) is 0 Å². The quantitative estimate of drug-likeness (QED) is 0.686. The lowest BCUT2D eigenvalue weighted by Gasteiger charge is -2.42. The lowest BCUT2D eigenvalue weighted by atomic mass is 9.84. The van der Waals surface area contributed by atoms with E-state index in [4.69, 9.17) is 0 Å². The smallest absolute Gasteiger partial charge is 0.0720 e. The van der Waals surface area contributed by atoms with Crippen LogP contribution < -0.4 is 0 Å². The van der Waals surface area contributed by atoms with E-state index in [9.17, 15) is 5.11 Å². The van der Waals surface area contributed by atoms with Crippen molar-refractivity contribution in [2.45, 2.75) is 51.7 Å². The van der Waals surface area contributed by atoms with Gasteiger partial charge in [0.15, 0.2) is 0 Å². The van der Waals surface area contributed by atoms with Crippen molar-refractivity contribution in [3.8, 4) is 0 Å². The fraction of sp³-hybridized carbons (Fsp3) is 1.00. The molecule has 74 valence electrons. The minimum atomic E-state index is -0.206. The summed E-state index contributed by atoms with van der Waals surface area (Å²) in [5, 5.41) is 9.90. The predicted octanol–water partition coefficient (Wildman–Crippen LogP) is 1.88. The molecule has 1 N–H and O–H groups in total. The van der Waals surface area contributed by atoms with Gasteiger partial charge in [-0.25, -0.2) is 0 Å². The largest absolute Gasteiger partial charge is 0.391 e. The third-order valence-corrected chi connectivity index (χ3v) is 3.12. The third-order valence-electron chi connectivity index (χ3n) is 3.12. The summed E-state index contributed by atoms with van der Waals surface area (Å²) < 4.78 is 0. The van der Waals surface area contributed by atoms with E-state index in [0.29, 0.717) is 0 Å². The zero-order valence-corrected chi connectivity index (χ0v) is 9.09. The van der Waals surface area contributed by atoms with E-state index in [1.165, 1.54) is 0 Å². The van der Waals surface area contributed by atoms with Gasteiger partial charge in [0, 0.05) is 5.54 Å². The van der Waals surface area contributed by atoms with Crippen LogP contribution in [0.3, 0.4) is 0 Å². The number of hydrogen-bond acceptors (Lipinski definition) is 2. The van der Waals surface area contributed by atoms with Crippen molar-refractivity contribution in [1.82, 2.24) is 4.90 Å². The van der Waals surface area contributed by atoms with Crippen LogP contribution in [-0.4, -0.2) is 35.7 Å². The number of hydrogen-bond donors (Lipinski definition) is 1. The second-order valence-corrected chi connectivity index (χ2v) is 3.63. The molecule has 0 saturated heterocycles. The first kappa shape index (κ1) is 11.9. The van der Waals surface area contributed by atoms with Gasteiger partial charge in [-0.05, 0) is 33.4 Å². The van der Waals surface area contributed by atoms with Gasteiger partial charge < -0.3 is 10.0 Å². The van der Waals surface area contributed by atoms with Gasteiger partial charge in [0.1, 0.15) is 0 Å². The summed E-state index contributed by atoms with van der Waals surface area (Å²) in [5.74, 6) is 0. The average molecular weight is 173 g/mol. The molecule has 0 aliphatic rings. The Kier molecular flexibility index (Phi) is 4.80. The van der Waals surface area contributed by atoms with E-state index in [0.717, 1.165) is 19.3 Å². The van der Waals surface area contributed by atoms with Crippen LogP contribution in [0.15, 0.2) is 0 Å². The molecule has 0 bridgehead atoms. The van der Waals surface area contributed by atoms with E-state index in [1.807, 2.05) is 21.0 Å². The normalized spacial score (nSPS) is 15.2. The van der Waals surface area contributed by atoms with E-state index in [1.54, 1.807) is 0 Å². The fourth-order valence-electron chi connectivity index (χ4n) is 2.03. The Morgan fingerprint density at radius 1 is 1.17 bits per heavy atom. The topological polar surface area (TPSA) is 23.5 Å². The van der Waals surface area contributed by atoms with Gasteiger partial charge in [-0.15, -0.1) is 0 Å². The van der Waals surface area contributed by atoms with Gasteiger partial charge in [0.2, 0.25) is 0 Å². The number of nitrogens with zero attached hydrogens (tertiary/aromatic N) is 1. The van der Waals surface area contributed by atoms with Gasteiger partial charge in [-0.1, -0.05) is 20.8 Å². The number of aliphatic hydroxyl groups is 1. The molecular formula is C10H23NO. The molecule has 1 atom stereocenters. The Morgan fingerprint density at radius 3 is 1.67 bits per heavy atom. The van der Waals surface area contributed by atoms with Crippen molar-refractivity contribution in [3.63, 3.8) is 0 Å². The molecule has 12 heavy (non-hydrogen) atoms.